The van der Waals surface area contributed by atoms with Gasteiger partial charge in [-0.2, -0.15) is 0 Å². The van der Waals surface area contributed by atoms with Crippen LogP contribution in [0.15, 0.2) is 40.3 Å². The molecule has 13 heavy (non-hydrogen) atoms. The molecule has 0 bridgehead atoms. The molecule has 0 N–H and O–H groups in total. The van der Waals surface area contributed by atoms with Gasteiger partial charge in [-0.1, -0.05) is 37.9 Å². The van der Waals surface area contributed by atoms with Crippen molar-refractivity contribution in [2.24, 2.45) is 4.99 Å². The van der Waals surface area contributed by atoms with Gasteiger partial charge in [0.1, 0.15) is 5.76 Å². The van der Waals surface area contributed by atoms with E-state index in [1.54, 1.807) is 7.05 Å². The van der Waals surface area contributed by atoms with Crippen molar-refractivity contribution in [2.45, 2.75) is 13.3 Å². The number of allylic oxidation sites excluding steroid dienone is 1. The molecule has 0 amide bonds. The highest BCUT2D eigenvalue weighted by Gasteiger charge is 1.97. The minimum atomic E-state index is 0.538. The summed E-state index contributed by atoms with van der Waals surface area (Å²) in [5.41, 5.74) is 0. The topological polar surface area (TPSA) is 21.6 Å². The van der Waals surface area contributed by atoms with Crippen molar-refractivity contribution in [3.05, 3.63) is 35.3 Å². The van der Waals surface area contributed by atoms with Crippen LogP contribution in [0, 0.1) is 0 Å². The third kappa shape index (κ3) is 6.22. The average molecular weight is 197 g/mol. The Hall–Kier alpha value is -0.960. The number of thioether (sulfide) groups is 1. The molecule has 0 aromatic heterocycles. The number of aliphatic imine (C=N–C) groups is 1. The van der Waals surface area contributed by atoms with Gasteiger partial charge in [0.05, 0.1) is 0 Å². The van der Waals surface area contributed by atoms with Gasteiger partial charge in [0.15, 0.2) is 6.40 Å². The first-order valence-electron chi connectivity index (χ1n) is 3.99. The van der Waals surface area contributed by atoms with Crippen LogP contribution in [0.25, 0.3) is 0 Å². The molecule has 0 aromatic rings. The summed E-state index contributed by atoms with van der Waals surface area (Å²) in [4.78, 5) is 4.47. The zero-order chi connectivity index (χ0) is 10.1. The van der Waals surface area contributed by atoms with Crippen LogP contribution >= 0.6 is 11.8 Å². The van der Waals surface area contributed by atoms with E-state index in [0.29, 0.717) is 5.76 Å². The zero-order valence-electron chi connectivity index (χ0n) is 8.12. The maximum atomic E-state index is 5.04. The predicted octanol–water partition coefficient (Wildman–Crippen LogP) is 3.35. The molecule has 0 aliphatic heterocycles. The van der Waals surface area contributed by atoms with E-state index in [1.165, 1.54) is 18.2 Å². The van der Waals surface area contributed by atoms with E-state index >= 15 is 0 Å². The highest BCUT2D eigenvalue weighted by atomic mass is 32.2. The highest BCUT2D eigenvalue weighted by molar-refractivity contribution is 8.06. The Morgan fingerprint density at radius 1 is 1.54 bits per heavy atom. The van der Waals surface area contributed by atoms with E-state index in [1.807, 2.05) is 5.41 Å². The van der Waals surface area contributed by atoms with Crippen molar-refractivity contribution in [3.63, 3.8) is 0 Å². The van der Waals surface area contributed by atoms with E-state index < -0.39 is 0 Å². The minimum Gasteiger partial charge on any atom is -0.446 e. The van der Waals surface area contributed by atoms with Gasteiger partial charge < -0.3 is 4.74 Å². The molecule has 0 aromatic carbocycles. The number of hydrogen-bond donors (Lipinski definition) is 0. The number of rotatable bonds is 6. The van der Waals surface area contributed by atoms with Crippen molar-refractivity contribution >= 4 is 18.2 Å². The molecular formula is C10H15NOS. The standard InChI is InChI=1S/C10H15NOS/c1-5-6-7-13-10(3)9(2)12-8-11-4/h6-8H,2-3,5H2,1,4H3/b7-6-,11-8-. The summed E-state index contributed by atoms with van der Waals surface area (Å²) >= 11 is 1.50. The molecule has 0 atom stereocenters. The average Bonchev–Trinajstić information content (AvgIpc) is 2.14. The number of nitrogens with zero attached hydrogens (tertiary/aromatic N) is 1. The maximum absolute atomic E-state index is 5.04. The quantitative estimate of drug-likeness (QED) is 0.282. The lowest BCUT2D eigenvalue weighted by molar-refractivity contribution is 0.454. The van der Waals surface area contributed by atoms with E-state index in [0.717, 1.165) is 11.3 Å². The zero-order valence-corrected chi connectivity index (χ0v) is 8.93. The molecule has 0 aliphatic rings. The van der Waals surface area contributed by atoms with Crippen LogP contribution < -0.4 is 0 Å². The van der Waals surface area contributed by atoms with Crippen LogP contribution in [0.2, 0.25) is 0 Å². The second-order valence-corrected chi connectivity index (χ2v) is 3.23. The Kier molecular flexibility index (Phi) is 7.11. The van der Waals surface area contributed by atoms with Crippen LogP contribution in [-0.4, -0.2) is 13.4 Å². The van der Waals surface area contributed by atoms with Crippen LogP contribution in [0.4, 0.5) is 0 Å². The van der Waals surface area contributed by atoms with E-state index in [-0.39, 0.29) is 0 Å². The first kappa shape index (κ1) is 12.0. The Bertz CT molecular complexity index is 231. The fraction of sp³-hybridized carbons (Fsp3) is 0.300. The molecular weight excluding hydrogens is 182 g/mol. The van der Waals surface area contributed by atoms with Crippen molar-refractivity contribution in [1.29, 1.82) is 0 Å². The maximum Gasteiger partial charge on any atom is 0.176 e. The van der Waals surface area contributed by atoms with Crippen molar-refractivity contribution < 1.29 is 4.74 Å². The fourth-order valence-electron chi connectivity index (χ4n) is 0.474. The highest BCUT2D eigenvalue weighted by Crippen LogP contribution is 2.22. The Morgan fingerprint density at radius 3 is 2.77 bits per heavy atom. The number of ether oxygens (including phenoxy) is 1. The molecule has 0 saturated heterocycles. The lowest BCUT2D eigenvalue weighted by Crippen LogP contribution is -1.87. The first-order valence-corrected chi connectivity index (χ1v) is 4.87. The molecule has 72 valence electrons. The summed E-state index contributed by atoms with van der Waals surface area (Å²) in [6.07, 6.45) is 4.42. The van der Waals surface area contributed by atoms with Crippen molar-refractivity contribution in [3.8, 4) is 0 Å². The minimum absolute atomic E-state index is 0.538. The molecule has 0 fully saturated rings. The van der Waals surface area contributed by atoms with Crippen molar-refractivity contribution in [1.82, 2.24) is 0 Å². The molecule has 2 nitrogen and oxygen atoms in total. The molecule has 0 saturated carbocycles. The summed E-state index contributed by atoms with van der Waals surface area (Å²) in [6.45, 7) is 9.59. The van der Waals surface area contributed by atoms with Gasteiger partial charge in [-0.25, -0.2) is 0 Å². The summed E-state index contributed by atoms with van der Waals surface area (Å²) in [5.74, 6) is 0.538. The van der Waals surface area contributed by atoms with E-state index in [2.05, 4.69) is 31.2 Å². The van der Waals surface area contributed by atoms with Crippen molar-refractivity contribution in [2.75, 3.05) is 7.05 Å². The largest absolute Gasteiger partial charge is 0.446 e. The van der Waals surface area contributed by atoms with Crippen LogP contribution in [0.5, 0.6) is 0 Å². The van der Waals surface area contributed by atoms with Crippen LogP contribution in [0.3, 0.4) is 0 Å². The second kappa shape index (κ2) is 7.68. The van der Waals surface area contributed by atoms with Gasteiger partial charge in [-0.3, -0.25) is 4.99 Å². The van der Waals surface area contributed by atoms with Gasteiger partial charge in [0.2, 0.25) is 0 Å². The van der Waals surface area contributed by atoms with Gasteiger partial charge in [-0.15, -0.1) is 0 Å². The lowest BCUT2D eigenvalue weighted by Gasteiger charge is -2.03. The Balaban J connectivity index is 3.83. The molecule has 0 spiro atoms. The predicted molar refractivity (Wildman–Crippen MR) is 60.8 cm³/mol. The SMILES string of the molecule is C=C(O/C=N\C)C(=C)S/C=C\CC. The molecule has 0 radical (unpaired) electrons. The fourth-order valence-corrected chi connectivity index (χ4v) is 1.11. The molecule has 0 rings (SSSR count). The molecule has 0 unspecified atom stereocenters. The normalized spacial score (nSPS) is 10.9. The Morgan fingerprint density at radius 2 is 2.23 bits per heavy atom. The first-order chi connectivity index (χ1) is 6.22. The van der Waals surface area contributed by atoms with E-state index in [4.69, 9.17) is 4.74 Å². The lowest BCUT2D eigenvalue weighted by atomic mass is 10.5. The summed E-state index contributed by atoms with van der Waals surface area (Å²) in [7, 11) is 1.64. The number of hydrogen-bond acceptors (Lipinski definition) is 3. The Labute approximate surface area is 84.1 Å². The third-order valence-corrected chi connectivity index (χ3v) is 1.99. The monoisotopic (exact) mass is 197 g/mol. The smallest absolute Gasteiger partial charge is 0.176 e. The summed E-state index contributed by atoms with van der Waals surface area (Å²) < 4.78 is 5.04. The van der Waals surface area contributed by atoms with E-state index in [9.17, 15) is 0 Å². The molecule has 3 heteroatoms. The summed E-state index contributed by atoms with van der Waals surface area (Å²) in [5, 5.41) is 1.97. The van der Waals surface area contributed by atoms with Crippen LogP contribution in [0.1, 0.15) is 13.3 Å². The van der Waals surface area contributed by atoms with Gasteiger partial charge in [-0.05, 0) is 11.8 Å². The van der Waals surface area contributed by atoms with Gasteiger partial charge in [0.25, 0.3) is 0 Å². The molecule has 0 heterocycles. The molecule has 0 aliphatic carbocycles. The third-order valence-electron chi connectivity index (χ3n) is 1.15. The summed E-state index contributed by atoms with van der Waals surface area (Å²) in [6, 6.07) is 0. The second-order valence-electron chi connectivity index (χ2n) is 2.23. The van der Waals surface area contributed by atoms with Gasteiger partial charge >= 0.3 is 0 Å². The van der Waals surface area contributed by atoms with Crippen LogP contribution in [-0.2, 0) is 4.74 Å². The van der Waals surface area contributed by atoms with Gasteiger partial charge in [0, 0.05) is 12.0 Å².